The summed E-state index contributed by atoms with van der Waals surface area (Å²) in [5, 5.41) is 2.82. The Kier molecular flexibility index (Phi) is 4.59. The van der Waals surface area contributed by atoms with Crippen LogP contribution in [0.2, 0.25) is 0 Å². The minimum Gasteiger partial charge on any atom is -0.484 e. The van der Waals surface area contributed by atoms with Crippen molar-refractivity contribution in [1.29, 1.82) is 0 Å². The van der Waals surface area contributed by atoms with E-state index in [-0.39, 0.29) is 18.6 Å². The van der Waals surface area contributed by atoms with Crippen molar-refractivity contribution in [3.05, 3.63) is 29.8 Å². The molecule has 1 fully saturated rings. The Morgan fingerprint density at radius 2 is 2.44 bits per heavy atom. The number of benzene rings is 1. The molecule has 0 aliphatic carbocycles. The van der Waals surface area contributed by atoms with Crippen LogP contribution in [0.5, 0.6) is 5.75 Å². The molecule has 1 aromatic rings. The highest BCUT2D eigenvalue weighted by molar-refractivity contribution is 5.77. The fourth-order valence-corrected chi connectivity index (χ4v) is 1.94. The molecule has 0 saturated carbocycles. The lowest BCUT2D eigenvalue weighted by atomic mass is 10.2. The summed E-state index contributed by atoms with van der Waals surface area (Å²) < 4.78 is 10.8. The van der Waals surface area contributed by atoms with Crippen LogP contribution in [-0.2, 0) is 9.53 Å². The molecule has 0 aromatic heterocycles. The summed E-state index contributed by atoms with van der Waals surface area (Å²) in [6, 6.07) is 7.66. The molecule has 1 N–H and O–H groups in total. The third-order valence-electron chi connectivity index (χ3n) is 2.91. The lowest BCUT2D eigenvalue weighted by molar-refractivity contribution is -0.123. The van der Waals surface area contributed by atoms with E-state index in [4.69, 9.17) is 9.47 Å². The zero-order valence-corrected chi connectivity index (χ0v) is 10.6. The van der Waals surface area contributed by atoms with E-state index in [1.54, 1.807) is 0 Å². The van der Waals surface area contributed by atoms with Gasteiger partial charge in [0, 0.05) is 13.2 Å². The Bertz CT molecular complexity index is 400. The van der Waals surface area contributed by atoms with Gasteiger partial charge in [0.25, 0.3) is 5.91 Å². The third kappa shape index (κ3) is 4.04. The van der Waals surface area contributed by atoms with Gasteiger partial charge in [0.2, 0.25) is 0 Å². The zero-order chi connectivity index (χ0) is 12.8. The largest absolute Gasteiger partial charge is 0.484 e. The number of aryl methyl sites for hydroxylation is 1. The van der Waals surface area contributed by atoms with Gasteiger partial charge in [-0.3, -0.25) is 4.79 Å². The van der Waals surface area contributed by atoms with Crippen molar-refractivity contribution in [2.45, 2.75) is 25.9 Å². The molecule has 1 aliphatic rings. The number of hydrogen-bond acceptors (Lipinski definition) is 3. The zero-order valence-electron chi connectivity index (χ0n) is 10.6. The van der Waals surface area contributed by atoms with Crippen molar-refractivity contribution in [2.24, 2.45) is 0 Å². The second-order valence-electron chi connectivity index (χ2n) is 4.54. The van der Waals surface area contributed by atoms with E-state index < -0.39 is 0 Å². The van der Waals surface area contributed by atoms with Crippen LogP contribution in [0.3, 0.4) is 0 Å². The molecule has 0 radical (unpaired) electrons. The second kappa shape index (κ2) is 6.40. The smallest absolute Gasteiger partial charge is 0.258 e. The standard InChI is InChI=1S/C14H19NO3/c1-11-4-2-5-12(8-11)18-10-14(16)15-9-13-6-3-7-17-13/h2,4-5,8,13H,3,6-7,9-10H2,1H3,(H,15,16)/t13-/m1/s1. The second-order valence-corrected chi connectivity index (χ2v) is 4.54. The molecule has 1 atom stereocenters. The highest BCUT2D eigenvalue weighted by Crippen LogP contribution is 2.12. The Balaban J connectivity index is 1.68. The number of carbonyl (C=O) groups is 1. The first-order chi connectivity index (χ1) is 8.74. The van der Waals surface area contributed by atoms with Gasteiger partial charge < -0.3 is 14.8 Å². The van der Waals surface area contributed by atoms with Crippen molar-refractivity contribution in [2.75, 3.05) is 19.8 Å². The van der Waals surface area contributed by atoms with Crippen LogP contribution in [0.1, 0.15) is 18.4 Å². The van der Waals surface area contributed by atoms with Crippen LogP contribution >= 0.6 is 0 Å². The van der Waals surface area contributed by atoms with E-state index >= 15 is 0 Å². The van der Waals surface area contributed by atoms with Gasteiger partial charge in [0.1, 0.15) is 5.75 Å². The predicted molar refractivity (Wildman–Crippen MR) is 68.7 cm³/mol. The van der Waals surface area contributed by atoms with Gasteiger partial charge in [-0.05, 0) is 37.5 Å². The number of amides is 1. The van der Waals surface area contributed by atoms with E-state index in [1.807, 2.05) is 31.2 Å². The molecule has 1 amide bonds. The summed E-state index contributed by atoms with van der Waals surface area (Å²) in [4.78, 5) is 11.6. The molecule has 18 heavy (non-hydrogen) atoms. The fourth-order valence-electron chi connectivity index (χ4n) is 1.94. The third-order valence-corrected chi connectivity index (χ3v) is 2.91. The number of ether oxygens (including phenoxy) is 2. The van der Waals surface area contributed by atoms with E-state index in [0.29, 0.717) is 6.54 Å². The maximum atomic E-state index is 11.6. The lowest BCUT2D eigenvalue weighted by Crippen LogP contribution is -2.35. The topological polar surface area (TPSA) is 47.6 Å². The van der Waals surface area contributed by atoms with E-state index in [2.05, 4.69) is 5.32 Å². The van der Waals surface area contributed by atoms with Gasteiger partial charge in [-0.25, -0.2) is 0 Å². The Labute approximate surface area is 107 Å². The molecule has 0 bridgehead atoms. The maximum absolute atomic E-state index is 11.6. The average Bonchev–Trinajstić information content (AvgIpc) is 2.87. The van der Waals surface area contributed by atoms with Crippen LogP contribution in [0.4, 0.5) is 0 Å². The highest BCUT2D eigenvalue weighted by Gasteiger charge is 2.16. The summed E-state index contributed by atoms with van der Waals surface area (Å²) in [6.07, 6.45) is 2.28. The molecular formula is C14H19NO3. The van der Waals surface area contributed by atoms with Crippen LogP contribution in [0, 0.1) is 6.92 Å². The number of rotatable bonds is 5. The summed E-state index contributed by atoms with van der Waals surface area (Å²) in [5.74, 6) is 0.620. The number of hydrogen-bond donors (Lipinski definition) is 1. The van der Waals surface area contributed by atoms with E-state index in [0.717, 1.165) is 30.8 Å². The molecule has 0 unspecified atom stereocenters. The van der Waals surface area contributed by atoms with Gasteiger partial charge in [-0.1, -0.05) is 12.1 Å². The van der Waals surface area contributed by atoms with Crippen molar-refractivity contribution in [3.63, 3.8) is 0 Å². The monoisotopic (exact) mass is 249 g/mol. The summed E-state index contributed by atoms with van der Waals surface area (Å²) >= 11 is 0. The number of carbonyl (C=O) groups excluding carboxylic acids is 1. The first kappa shape index (κ1) is 12.9. The minimum atomic E-state index is -0.105. The average molecular weight is 249 g/mol. The van der Waals surface area contributed by atoms with Gasteiger partial charge in [0.15, 0.2) is 6.61 Å². The first-order valence-corrected chi connectivity index (χ1v) is 6.32. The molecule has 1 saturated heterocycles. The Morgan fingerprint density at radius 1 is 1.56 bits per heavy atom. The molecule has 4 nitrogen and oxygen atoms in total. The molecule has 1 aromatic carbocycles. The van der Waals surface area contributed by atoms with Gasteiger partial charge in [0.05, 0.1) is 6.10 Å². The SMILES string of the molecule is Cc1cccc(OCC(=O)NC[C@H]2CCCO2)c1. The fraction of sp³-hybridized carbons (Fsp3) is 0.500. The van der Waals surface area contributed by atoms with Gasteiger partial charge >= 0.3 is 0 Å². The van der Waals surface area contributed by atoms with E-state index in [9.17, 15) is 4.79 Å². The summed E-state index contributed by atoms with van der Waals surface area (Å²) in [6.45, 7) is 3.43. The molecular weight excluding hydrogens is 230 g/mol. The Hall–Kier alpha value is -1.55. The van der Waals surface area contributed by atoms with Crippen LogP contribution in [0.15, 0.2) is 24.3 Å². The van der Waals surface area contributed by atoms with Gasteiger partial charge in [-0.15, -0.1) is 0 Å². The Morgan fingerprint density at radius 3 is 3.17 bits per heavy atom. The molecule has 0 spiro atoms. The molecule has 1 aliphatic heterocycles. The molecule has 1 heterocycles. The van der Waals surface area contributed by atoms with Gasteiger partial charge in [-0.2, -0.15) is 0 Å². The van der Waals surface area contributed by atoms with Crippen LogP contribution in [0.25, 0.3) is 0 Å². The minimum absolute atomic E-state index is 0.0518. The van der Waals surface area contributed by atoms with Crippen LogP contribution < -0.4 is 10.1 Å². The molecule has 4 heteroatoms. The van der Waals surface area contributed by atoms with Crippen molar-refractivity contribution >= 4 is 5.91 Å². The predicted octanol–water partition coefficient (Wildman–Crippen LogP) is 1.67. The van der Waals surface area contributed by atoms with Crippen molar-refractivity contribution in [1.82, 2.24) is 5.32 Å². The first-order valence-electron chi connectivity index (χ1n) is 6.32. The van der Waals surface area contributed by atoms with E-state index in [1.165, 1.54) is 0 Å². The maximum Gasteiger partial charge on any atom is 0.258 e. The van der Waals surface area contributed by atoms with Crippen LogP contribution in [-0.4, -0.2) is 31.8 Å². The quantitative estimate of drug-likeness (QED) is 0.863. The van der Waals surface area contributed by atoms with Crippen molar-refractivity contribution in [3.8, 4) is 5.75 Å². The number of nitrogens with one attached hydrogen (secondary N) is 1. The normalized spacial score (nSPS) is 18.6. The highest BCUT2D eigenvalue weighted by atomic mass is 16.5. The molecule has 2 rings (SSSR count). The van der Waals surface area contributed by atoms with Crippen molar-refractivity contribution < 1.29 is 14.3 Å². The molecule has 98 valence electrons. The lowest BCUT2D eigenvalue weighted by Gasteiger charge is -2.11. The summed E-state index contributed by atoms with van der Waals surface area (Å²) in [5.41, 5.74) is 1.12. The summed E-state index contributed by atoms with van der Waals surface area (Å²) in [7, 11) is 0.